The summed E-state index contributed by atoms with van der Waals surface area (Å²) < 4.78 is 6.48. The van der Waals surface area contributed by atoms with E-state index in [0.29, 0.717) is 37.3 Å². The van der Waals surface area contributed by atoms with Crippen molar-refractivity contribution in [3.05, 3.63) is 70.3 Å². The van der Waals surface area contributed by atoms with Gasteiger partial charge in [0, 0.05) is 19.9 Å². The molecule has 1 aromatic carbocycles. The van der Waals surface area contributed by atoms with Crippen molar-refractivity contribution in [3.8, 4) is 0 Å². The fourth-order valence-corrected chi connectivity index (χ4v) is 2.66. The number of pyridine rings is 1. The summed E-state index contributed by atoms with van der Waals surface area (Å²) in [6, 6.07) is 13.3. The number of hydrogen-bond donors (Lipinski definition) is 1. The molecule has 0 aliphatic carbocycles. The van der Waals surface area contributed by atoms with Crippen LogP contribution in [0.2, 0.25) is 0 Å². The van der Waals surface area contributed by atoms with E-state index in [-0.39, 0.29) is 5.69 Å². The largest absolute Gasteiger partial charge is 0.383 e. The molecule has 2 aromatic heterocycles. The maximum absolute atomic E-state index is 12.7. The maximum Gasteiger partial charge on any atom is 0.283 e. The molecule has 2 heterocycles. The van der Waals surface area contributed by atoms with Gasteiger partial charge < -0.3 is 10.1 Å². The Morgan fingerprint density at radius 2 is 2.00 bits per heavy atom. The molecule has 0 saturated carbocycles. The minimum absolute atomic E-state index is 0.130. The molecule has 3 rings (SSSR count). The molecule has 26 heavy (non-hydrogen) atoms. The van der Waals surface area contributed by atoms with Crippen molar-refractivity contribution in [1.82, 2.24) is 19.9 Å². The van der Waals surface area contributed by atoms with E-state index in [0.717, 1.165) is 5.56 Å². The Morgan fingerprint density at radius 3 is 2.77 bits per heavy atom. The number of ether oxygens (including phenoxy) is 1. The summed E-state index contributed by atoms with van der Waals surface area (Å²) >= 11 is 0. The lowest BCUT2D eigenvalue weighted by Crippen LogP contribution is -2.36. The Labute approximate surface area is 150 Å². The van der Waals surface area contributed by atoms with Crippen LogP contribution in [-0.4, -0.2) is 40.7 Å². The lowest BCUT2D eigenvalue weighted by molar-refractivity contribution is 0.0947. The molecule has 0 bridgehead atoms. The van der Waals surface area contributed by atoms with Gasteiger partial charge in [0.05, 0.1) is 13.2 Å². The van der Waals surface area contributed by atoms with Crippen LogP contribution in [-0.2, 0) is 17.7 Å². The lowest BCUT2D eigenvalue weighted by Gasteiger charge is -2.11. The van der Waals surface area contributed by atoms with Crippen molar-refractivity contribution in [2.75, 3.05) is 20.3 Å². The van der Waals surface area contributed by atoms with Crippen molar-refractivity contribution in [1.29, 1.82) is 0 Å². The van der Waals surface area contributed by atoms with Crippen molar-refractivity contribution < 1.29 is 9.53 Å². The summed E-state index contributed by atoms with van der Waals surface area (Å²) in [5.74, 6) is -0.483. The first-order valence-corrected chi connectivity index (χ1v) is 8.37. The number of aromatic nitrogens is 3. The Morgan fingerprint density at radius 1 is 1.19 bits per heavy atom. The number of methoxy groups -OCH3 is 1. The molecule has 0 aliphatic rings. The van der Waals surface area contributed by atoms with Gasteiger partial charge in [0.15, 0.2) is 11.3 Å². The Balaban J connectivity index is 1.83. The molecular weight excluding hydrogens is 332 g/mol. The van der Waals surface area contributed by atoms with Gasteiger partial charge in [-0.2, -0.15) is 0 Å². The fourth-order valence-electron chi connectivity index (χ4n) is 2.66. The molecular formula is C19H20N4O3. The molecule has 0 fully saturated rings. The molecule has 0 aliphatic heterocycles. The molecule has 1 N–H and O–H groups in total. The minimum Gasteiger partial charge on any atom is -0.383 e. The Bertz CT molecular complexity index is 954. The van der Waals surface area contributed by atoms with Gasteiger partial charge in [-0.3, -0.25) is 14.2 Å². The second-order valence-electron chi connectivity index (χ2n) is 5.75. The van der Waals surface area contributed by atoms with Gasteiger partial charge in [0.2, 0.25) is 0 Å². The summed E-state index contributed by atoms with van der Waals surface area (Å²) in [5.41, 5.74) is 1.45. The standard InChI is InChI=1S/C19H20N4O3/c1-26-13-12-23-17-15(8-5-10-20-17)22-16(19(23)25)18(24)21-11-9-14-6-3-2-4-7-14/h2-8,10H,9,11-13H2,1H3,(H,21,24). The molecule has 0 unspecified atom stereocenters. The van der Waals surface area contributed by atoms with Gasteiger partial charge in [-0.1, -0.05) is 30.3 Å². The Kier molecular flexibility index (Phi) is 5.70. The van der Waals surface area contributed by atoms with Crippen molar-refractivity contribution in [2.24, 2.45) is 0 Å². The molecule has 0 atom stereocenters. The molecule has 134 valence electrons. The number of nitrogens with one attached hydrogen (secondary N) is 1. The first-order chi connectivity index (χ1) is 12.7. The number of hydrogen-bond acceptors (Lipinski definition) is 5. The monoisotopic (exact) mass is 352 g/mol. The quantitative estimate of drug-likeness (QED) is 0.695. The fraction of sp³-hybridized carbons (Fsp3) is 0.263. The number of amides is 1. The van der Waals surface area contributed by atoms with E-state index < -0.39 is 11.5 Å². The second-order valence-corrected chi connectivity index (χ2v) is 5.75. The number of nitrogens with zero attached hydrogens (tertiary/aromatic N) is 3. The smallest absolute Gasteiger partial charge is 0.283 e. The molecule has 0 radical (unpaired) electrons. The van der Waals surface area contributed by atoms with Crippen LogP contribution in [0.25, 0.3) is 11.2 Å². The van der Waals surface area contributed by atoms with Gasteiger partial charge >= 0.3 is 0 Å². The number of fused-ring (bicyclic) bond motifs is 1. The average molecular weight is 352 g/mol. The molecule has 1 amide bonds. The minimum atomic E-state index is -0.483. The molecule has 7 nitrogen and oxygen atoms in total. The van der Waals surface area contributed by atoms with Gasteiger partial charge in [0.1, 0.15) is 5.52 Å². The van der Waals surface area contributed by atoms with Gasteiger partial charge in [0.25, 0.3) is 11.5 Å². The van der Waals surface area contributed by atoms with Crippen molar-refractivity contribution >= 4 is 17.1 Å². The summed E-state index contributed by atoms with van der Waals surface area (Å²) in [4.78, 5) is 33.6. The summed E-state index contributed by atoms with van der Waals surface area (Å²) in [6.45, 7) is 1.06. The van der Waals surface area contributed by atoms with Crippen molar-refractivity contribution in [2.45, 2.75) is 13.0 Å². The van der Waals surface area contributed by atoms with Crippen LogP contribution in [0.5, 0.6) is 0 Å². The van der Waals surface area contributed by atoms with Crippen LogP contribution in [0.3, 0.4) is 0 Å². The number of carbonyl (C=O) groups is 1. The van der Waals surface area contributed by atoms with E-state index in [1.807, 2.05) is 30.3 Å². The van der Waals surface area contributed by atoms with E-state index in [1.165, 1.54) is 4.57 Å². The number of carbonyl (C=O) groups excluding carboxylic acids is 1. The normalized spacial score (nSPS) is 10.8. The van der Waals surface area contributed by atoms with Gasteiger partial charge in [-0.05, 0) is 24.1 Å². The van der Waals surface area contributed by atoms with Crippen LogP contribution in [0.4, 0.5) is 0 Å². The van der Waals surface area contributed by atoms with Crippen LogP contribution >= 0.6 is 0 Å². The van der Waals surface area contributed by atoms with Crippen LogP contribution < -0.4 is 10.9 Å². The highest BCUT2D eigenvalue weighted by Crippen LogP contribution is 2.07. The van der Waals surface area contributed by atoms with Crippen LogP contribution in [0.1, 0.15) is 16.1 Å². The zero-order chi connectivity index (χ0) is 18.4. The third-order valence-corrected chi connectivity index (χ3v) is 3.98. The number of rotatable bonds is 7. The van der Waals surface area contributed by atoms with E-state index >= 15 is 0 Å². The van der Waals surface area contributed by atoms with Gasteiger partial charge in [-0.25, -0.2) is 9.97 Å². The average Bonchev–Trinajstić information content (AvgIpc) is 2.67. The third kappa shape index (κ3) is 3.94. The third-order valence-electron chi connectivity index (χ3n) is 3.98. The predicted molar refractivity (Wildman–Crippen MR) is 98.2 cm³/mol. The van der Waals surface area contributed by atoms with Crippen LogP contribution in [0.15, 0.2) is 53.5 Å². The van der Waals surface area contributed by atoms with Crippen LogP contribution in [0, 0.1) is 0 Å². The molecule has 3 aromatic rings. The first-order valence-electron chi connectivity index (χ1n) is 8.37. The highest BCUT2D eigenvalue weighted by atomic mass is 16.5. The highest BCUT2D eigenvalue weighted by molar-refractivity contribution is 5.93. The van der Waals surface area contributed by atoms with E-state index in [9.17, 15) is 9.59 Å². The topological polar surface area (TPSA) is 86.1 Å². The summed E-state index contributed by atoms with van der Waals surface area (Å²) in [6.07, 6.45) is 2.27. The zero-order valence-electron chi connectivity index (χ0n) is 14.5. The molecule has 0 saturated heterocycles. The Hall–Kier alpha value is -3.06. The predicted octanol–water partition coefficient (Wildman–Crippen LogP) is 1.41. The summed E-state index contributed by atoms with van der Waals surface area (Å²) in [7, 11) is 1.55. The second kappa shape index (κ2) is 8.35. The molecule has 7 heteroatoms. The zero-order valence-corrected chi connectivity index (χ0v) is 14.5. The van der Waals surface area contributed by atoms with E-state index in [1.54, 1.807) is 25.4 Å². The maximum atomic E-state index is 12.7. The summed E-state index contributed by atoms with van der Waals surface area (Å²) in [5, 5.41) is 2.77. The first kappa shape index (κ1) is 17.8. The number of benzene rings is 1. The SMILES string of the molecule is COCCn1c(=O)c(C(=O)NCCc2ccccc2)nc2cccnc21. The molecule has 0 spiro atoms. The lowest BCUT2D eigenvalue weighted by atomic mass is 10.1. The highest BCUT2D eigenvalue weighted by Gasteiger charge is 2.17. The van der Waals surface area contributed by atoms with E-state index in [2.05, 4.69) is 15.3 Å². The van der Waals surface area contributed by atoms with Gasteiger partial charge in [-0.15, -0.1) is 0 Å². The van der Waals surface area contributed by atoms with E-state index in [4.69, 9.17) is 4.74 Å². The van der Waals surface area contributed by atoms with Crippen molar-refractivity contribution in [3.63, 3.8) is 0 Å².